The van der Waals surface area contributed by atoms with Gasteiger partial charge in [-0.1, -0.05) is 12.1 Å². The van der Waals surface area contributed by atoms with Crippen molar-refractivity contribution in [3.63, 3.8) is 0 Å². The van der Waals surface area contributed by atoms with E-state index >= 15 is 0 Å². The maximum Gasteiger partial charge on any atom is 0.291 e. The van der Waals surface area contributed by atoms with Crippen LogP contribution in [0.5, 0.6) is 0 Å². The molecule has 2 aromatic rings. The number of rotatable bonds is 6. The lowest BCUT2D eigenvalue weighted by Gasteiger charge is -2.18. The van der Waals surface area contributed by atoms with Crippen molar-refractivity contribution in [3.05, 3.63) is 47.7 Å². The SMILES string of the molecule is CC(C)(C)NS(=O)(=O)c1ccc(C(=O)Nc2ccc(CS(N)(=O)=O)cc2)o1. The lowest BCUT2D eigenvalue weighted by atomic mass is 10.1. The molecular formula is C16H21N3O6S2. The van der Waals surface area contributed by atoms with Crippen LogP contribution >= 0.6 is 0 Å². The molecule has 1 amide bonds. The van der Waals surface area contributed by atoms with E-state index in [1.807, 2.05) is 0 Å². The van der Waals surface area contributed by atoms with Crippen molar-refractivity contribution in [3.8, 4) is 0 Å². The van der Waals surface area contributed by atoms with E-state index in [2.05, 4.69) is 10.0 Å². The molecule has 9 nitrogen and oxygen atoms in total. The van der Waals surface area contributed by atoms with Crippen LogP contribution in [-0.2, 0) is 25.8 Å². The van der Waals surface area contributed by atoms with Crippen molar-refractivity contribution in [2.75, 3.05) is 5.32 Å². The highest BCUT2D eigenvalue weighted by Crippen LogP contribution is 2.18. The quantitative estimate of drug-likeness (QED) is 0.649. The summed E-state index contributed by atoms with van der Waals surface area (Å²) < 4.78 is 54.1. The summed E-state index contributed by atoms with van der Waals surface area (Å²) in [5.74, 6) is -1.15. The number of nitrogens with one attached hydrogen (secondary N) is 2. The van der Waals surface area contributed by atoms with E-state index < -0.39 is 31.5 Å². The highest BCUT2D eigenvalue weighted by Gasteiger charge is 2.26. The fourth-order valence-electron chi connectivity index (χ4n) is 2.15. The van der Waals surface area contributed by atoms with E-state index in [1.165, 1.54) is 36.4 Å². The first-order chi connectivity index (χ1) is 12.3. The van der Waals surface area contributed by atoms with Gasteiger partial charge in [0.05, 0.1) is 5.75 Å². The van der Waals surface area contributed by atoms with Crippen molar-refractivity contribution in [2.45, 2.75) is 37.2 Å². The Kier molecular flexibility index (Phi) is 5.80. The van der Waals surface area contributed by atoms with Gasteiger partial charge in [-0.3, -0.25) is 4.79 Å². The standard InChI is InChI=1S/C16H21N3O6S2/c1-16(2,3)19-27(23,24)14-9-8-13(25-14)15(20)18-12-6-4-11(5-7-12)10-26(17,21)22/h4-9,19H,10H2,1-3H3,(H,18,20)(H2,17,21,22). The van der Waals surface area contributed by atoms with Crippen LogP contribution in [0.1, 0.15) is 36.9 Å². The molecule has 0 bridgehead atoms. The highest BCUT2D eigenvalue weighted by atomic mass is 32.2. The van der Waals surface area contributed by atoms with Crippen LogP contribution in [0.2, 0.25) is 0 Å². The largest absolute Gasteiger partial charge is 0.438 e. The molecule has 0 spiro atoms. The molecule has 11 heteroatoms. The molecule has 0 unspecified atom stereocenters. The number of anilines is 1. The van der Waals surface area contributed by atoms with Crippen LogP contribution in [-0.4, -0.2) is 28.3 Å². The van der Waals surface area contributed by atoms with Gasteiger partial charge in [0.15, 0.2) is 5.76 Å². The van der Waals surface area contributed by atoms with Gasteiger partial charge in [-0.05, 0) is 50.6 Å². The first kappa shape index (κ1) is 21.1. The lowest BCUT2D eigenvalue weighted by Crippen LogP contribution is -2.40. The predicted octanol–water partition coefficient (Wildman–Crippen LogP) is 1.40. The Morgan fingerprint density at radius 2 is 1.63 bits per heavy atom. The minimum absolute atomic E-state index is 0.183. The smallest absolute Gasteiger partial charge is 0.291 e. The molecule has 0 atom stereocenters. The van der Waals surface area contributed by atoms with Crippen LogP contribution in [0.4, 0.5) is 5.69 Å². The van der Waals surface area contributed by atoms with Crippen molar-refractivity contribution >= 4 is 31.6 Å². The number of nitrogens with two attached hydrogens (primary N) is 1. The summed E-state index contributed by atoms with van der Waals surface area (Å²) in [5, 5.41) is 7.14. The molecule has 1 aromatic heterocycles. The number of hydrogen-bond donors (Lipinski definition) is 3. The molecule has 1 aromatic carbocycles. The summed E-state index contributed by atoms with van der Waals surface area (Å²) in [5.41, 5.74) is 0.147. The topological polar surface area (TPSA) is 149 Å². The summed E-state index contributed by atoms with van der Waals surface area (Å²) in [6.45, 7) is 5.04. The Bertz CT molecular complexity index is 1030. The zero-order valence-electron chi connectivity index (χ0n) is 15.0. The summed E-state index contributed by atoms with van der Waals surface area (Å²) in [7, 11) is -7.54. The summed E-state index contributed by atoms with van der Waals surface area (Å²) in [6.07, 6.45) is 0. The third-order valence-corrected chi connectivity index (χ3v) is 5.46. The maximum absolute atomic E-state index is 12.2. The van der Waals surface area contributed by atoms with Crippen molar-refractivity contribution in [1.29, 1.82) is 0 Å². The number of primary sulfonamides is 1. The first-order valence-electron chi connectivity index (χ1n) is 7.80. The third kappa shape index (κ3) is 6.47. The van der Waals surface area contributed by atoms with Crippen molar-refractivity contribution in [1.82, 2.24) is 4.72 Å². The molecule has 0 saturated carbocycles. The average Bonchev–Trinajstić information content (AvgIpc) is 2.96. The molecular weight excluding hydrogens is 394 g/mol. The Hall–Kier alpha value is -2.21. The van der Waals surface area contributed by atoms with Gasteiger partial charge in [0.1, 0.15) is 0 Å². The van der Waals surface area contributed by atoms with E-state index in [9.17, 15) is 21.6 Å². The first-order valence-corrected chi connectivity index (χ1v) is 11.0. The van der Waals surface area contributed by atoms with Gasteiger partial charge in [0, 0.05) is 11.2 Å². The minimum atomic E-state index is -3.89. The number of carbonyl (C=O) groups is 1. The molecule has 148 valence electrons. The normalized spacial score (nSPS) is 12.7. The average molecular weight is 415 g/mol. The van der Waals surface area contributed by atoms with Gasteiger partial charge in [0.2, 0.25) is 15.1 Å². The Labute approximate surface area is 158 Å². The molecule has 2 rings (SSSR count). The third-order valence-electron chi connectivity index (χ3n) is 3.09. The zero-order valence-corrected chi connectivity index (χ0v) is 16.6. The van der Waals surface area contributed by atoms with Crippen LogP contribution < -0.4 is 15.2 Å². The number of benzene rings is 1. The molecule has 0 radical (unpaired) electrons. The molecule has 0 aliphatic rings. The molecule has 0 saturated heterocycles. The van der Waals surface area contributed by atoms with Crippen LogP contribution in [0, 0.1) is 0 Å². The lowest BCUT2D eigenvalue weighted by molar-refractivity contribution is 0.0991. The minimum Gasteiger partial charge on any atom is -0.438 e. The fraction of sp³-hybridized carbons (Fsp3) is 0.312. The van der Waals surface area contributed by atoms with Gasteiger partial charge in [-0.15, -0.1) is 0 Å². The van der Waals surface area contributed by atoms with E-state index in [-0.39, 0.29) is 16.6 Å². The van der Waals surface area contributed by atoms with Crippen LogP contribution in [0.3, 0.4) is 0 Å². The van der Waals surface area contributed by atoms with Crippen molar-refractivity contribution < 1.29 is 26.0 Å². The molecule has 0 aliphatic carbocycles. The predicted molar refractivity (Wildman–Crippen MR) is 100.0 cm³/mol. The van der Waals surface area contributed by atoms with E-state index in [4.69, 9.17) is 9.56 Å². The Balaban J connectivity index is 2.10. The Morgan fingerprint density at radius 3 is 2.15 bits per heavy atom. The maximum atomic E-state index is 12.2. The van der Waals surface area contributed by atoms with E-state index in [0.717, 1.165) is 0 Å². The monoisotopic (exact) mass is 415 g/mol. The van der Waals surface area contributed by atoms with E-state index in [0.29, 0.717) is 11.3 Å². The van der Waals surface area contributed by atoms with Gasteiger partial charge in [-0.25, -0.2) is 26.7 Å². The number of furan rings is 1. The number of hydrogen-bond acceptors (Lipinski definition) is 6. The second-order valence-electron chi connectivity index (χ2n) is 6.93. The van der Waals surface area contributed by atoms with Crippen LogP contribution in [0.25, 0.3) is 0 Å². The molecule has 1 heterocycles. The van der Waals surface area contributed by atoms with Gasteiger partial charge >= 0.3 is 0 Å². The molecule has 4 N–H and O–H groups in total. The second-order valence-corrected chi connectivity index (χ2v) is 10.2. The van der Waals surface area contributed by atoms with E-state index in [1.54, 1.807) is 20.8 Å². The Morgan fingerprint density at radius 1 is 1.04 bits per heavy atom. The summed E-state index contributed by atoms with van der Waals surface area (Å²) in [6, 6.07) is 8.46. The fourth-order valence-corrected chi connectivity index (χ4v) is 4.16. The van der Waals surface area contributed by atoms with Gasteiger partial charge < -0.3 is 9.73 Å². The zero-order chi connectivity index (χ0) is 20.5. The highest BCUT2D eigenvalue weighted by molar-refractivity contribution is 7.89. The van der Waals surface area contributed by atoms with Crippen molar-refractivity contribution in [2.24, 2.45) is 5.14 Å². The summed E-state index contributed by atoms with van der Waals surface area (Å²) >= 11 is 0. The molecule has 0 aliphatic heterocycles. The number of carbonyl (C=O) groups excluding carboxylic acids is 1. The molecule has 0 fully saturated rings. The van der Waals surface area contributed by atoms with Gasteiger partial charge in [0.25, 0.3) is 15.9 Å². The second kappa shape index (κ2) is 7.43. The van der Waals surface area contributed by atoms with Crippen LogP contribution in [0.15, 0.2) is 45.9 Å². The summed E-state index contributed by atoms with van der Waals surface area (Å²) in [4.78, 5) is 12.2. The number of amides is 1. The molecule has 27 heavy (non-hydrogen) atoms. The van der Waals surface area contributed by atoms with Gasteiger partial charge in [-0.2, -0.15) is 0 Å². The number of sulfonamides is 2.